The van der Waals surface area contributed by atoms with E-state index in [9.17, 15) is 14.4 Å². The molecule has 0 radical (unpaired) electrons. The molecule has 4 aromatic carbocycles. The van der Waals surface area contributed by atoms with Crippen LogP contribution in [-0.2, 0) is 19.6 Å². The summed E-state index contributed by atoms with van der Waals surface area (Å²) in [6, 6.07) is 28.4. The van der Waals surface area contributed by atoms with Crippen molar-refractivity contribution in [3.05, 3.63) is 151 Å². The zero-order valence-electron chi connectivity index (χ0n) is 22.4. The van der Waals surface area contributed by atoms with Crippen molar-refractivity contribution < 1.29 is 4.79 Å². The third kappa shape index (κ3) is 5.60. The second-order valence-electron chi connectivity index (χ2n) is 10.1. The van der Waals surface area contributed by atoms with Gasteiger partial charge in [0.25, 0.3) is 11.5 Å². The molecule has 1 aromatic heterocycles. The molecule has 0 atom stereocenters. The van der Waals surface area contributed by atoms with Gasteiger partial charge in [0, 0.05) is 12.1 Å². The van der Waals surface area contributed by atoms with Crippen molar-refractivity contribution in [3.63, 3.8) is 0 Å². The number of rotatable bonds is 7. The van der Waals surface area contributed by atoms with E-state index in [1.54, 1.807) is 34.9 Å². The number of hydrogen-bond acceptors (Lipinski definition) is 3. The molecule has 0 fully saturated rings. The Kier molecular flexibility index (Phi) is 7.28. The molecule has 1 heterocycles. The molecule has 5 rings (SSSR count). The van der Waals surface area contributed by atoms with E-state index in [1.807, 2.05) is 75.4 Å². The number of carbonyl (C=O) groups excluding carboxylic acids is 1. The van der Waals surface area contributed by atoms with Crippen molar-refractivity contribution >= 4 is 16.8 Å². The van der Waals surface area contributed by atoms with Crippen LogP contribution < -0.4 is 16.6 Å². The number of nitrogens with zero attached hydrogens (tertiary/aromatic N) is 2. The fourth-order valence-corrected chi connectivity index (χ4v) is 4.74. The highest BCUT2D eigenvalue weighted by atomic mass is 16.2. The average molecular weight is 518 g/mol. The minimum absolute atomic E-state index is 0.112. The predicted octanol–water partition coefficient (Wildman–Crippen LogP) is 5.12. The second kappa shape index (κ2) is 11.0. The molecule has 39 heavy (non-hydrogen) atoms. The number of benzene rings is 4. The van der Waals surface area contributed by atoms with Crippen LogP contribution in [-0.4, -0.2) is 15.0 Å². The van der Waals surface area contributed by atoms with Gasteiger partial charge >= 0.3 is 5.69 Å². The molecule has 1 N–H and O–H groups in total. The number of nitrogens with one attached hydrogen (secondary N) is 1. The summed E-state index contributed by atoms with van der Waals surface area (Å²) in [6.07, 6.45) is 0. The molecule has 0 aliphatic heterocycles. The maximum absolute atomic E-state index is 13.7. The van der Waals surface area contributed by atoms with Gasteiger partial charge < -0.3 is 5.32 Å². The van der Waals surface area contributed by atoms with Crippen molar-refractivity contribution in [2.75, 3.05) is 0 Å². The third-order valence-corrected chi connectivity index (χ3v) is 7.10. The smallest absolute Gasteiger partial charge is 0.332 e. The first-order chi connectivity index (χ1) is 18.8. The van der Waals surface area contributed by atoms with Crippen molar-refractivity contribution in [3.8, 4) is 0 Å². The van der Waals surface area contributed by atoms with Gasteiger partial charge in [0.05, 0.1) is 24.0 Å². The Balaban J connectivity index is 1.42. The molecular formula is C33H31N3O3. The highest BCUT2D eigenvalue weighted by Gasteiger charge is 2.15. The molecular weight excluding hydrogens is 486 g/mol. The Morgan fingerprint density at radius 1 is 0.718 bits per heavy atom. The van der Waals surface area contributed by atoms with Gasteiger partial charge in [-0.15, -0.1) is 0 Å². The largest absolute Gasteiger partial charge is 0.348 e. The molecule has 0 unspecified atom stereocenters. The van der Waals surface area contributed by atoms with E-state index in [-0.39, 0.29) is 23.7 Å². The SMILES string of the molecule is Cc1ccc(CNC(=O)c2ccc(Cn3c(=O)c4ccccc4n(Cc4cc(C)ccc4C)c3=O)cc2)cc1. The lowest BCUT2D eigenvalue weighted by Crippen LogP contribution is -2.40. The second-order valence-corrected chi connectivity index (χ2v) is 10.1. The van der Waals surface area contributed by atoms with Crippen LogP contribution in [0, 0.1) is 20.8 Å². The summed E-state index contributed by atoms with van der Waals surface area (Å²) >= 11 is 0. The van der Waals surface area contributed by atoms with Crippen molar-refractivity contribution in [2.24, 2.45) is 0 Å². The Bertz CT molecular complexity index is 1780. The maximum Gasteiger partial charge on any atom is 0.332 e. The highest BCUT2D eigenvalue weighted by molar-refractivity contribution is 5.94. The van der Waals surface area contributed by atoms with Crippen LogP contribution in [0.3, 0.4) is 0 Å². The zero-order chi connectivity index (χ0) is 27.5. The number of aryl methyl sites for hydroxylation is 3. The van der Waals surface area contributed by atoms with Crippen molar-refractivity contribution in [2.45, 2.75) is 40.4 Å². The summed E-state index contributed by atoms with van der Waals surface area (Å²) < 4.78 is 2.95. The van der Waals surface area contributed by atoms with Gasteiger partial charge in [-0.1, -0.05) is 77.9 Å². The van der Waals surface area contributed by atoms with Gasteiger partial charge in [-0.2, -0.15) is 0 Å². The first kappa shape index (κ1) is 25.9. The number of aromatic nitrogens is 2. The van der Waals surface area contributed by atoms with E-state index < -0.39 is 0 Å². The van der Waals surface area contributed by atoms with Crippen LogP contribution in [0.25, 0.3) is 10.9 Å². The number of hydrogen-bond donors (Lipinski definition) is 1. The first-order valence-corrected chi connectivity index (χ1v) is 13.0. The normalized spacial score (nSPS) is 11.1. The lowest BCUT2D eigenvalue weighted by atomic mass is 10.1. The topological polar surface area (TPSA) is 73.1 Å². The van der Waals surface area contributed by atoms with Gasteiger partial charge in [-0.3, -0.25) is 18.7 Å². The standard InChI is InChI=1S/C33H31N3O3/c1-22-9-12-25(13-10-22)19-34-31(37)27-16-14-26(15-17-27)20-36-32(38)29-6-4-5-7-30(29)35(33(36)39)21-28-18-23(2)8-11-24(28)3/h4-18H,19-21H2,1-3H3,(H,34,37). The van der Waals surface area contributed by atoms with Crippen LogP contribution in [0.1, 0.15) is 43.7 Å². The molecule has 6 nitrogen and oxygen atoms in total. The summed E-state index contributed by atoms with van der Waals surface area (Å²) in [6.45, 7) is 6.99. The molecule has 6 heteroatoms. The zero-order valence-corrected chi connectivity index (χ0v) is 22.4. The monoisotopic (exact) mass is 517 g/mol. The molecule has 0 saturated heterocycles. The van der Waals surface area contributed by atoms with E-state index in [1.165, 1.54) is 10.1 Å². The molecule has 0 bridgehead atoms. The number of carbonyl (C=O) groups is 1. The Morgan fingerprint density at radius 2 is 1.38 bits per heavy atom. The van der Waals surface area contributed by atoms with Gasteiger partial charge in [0.15, 0.2) is 0 Å². The quantitative estimate of drug-likeness (QED) is 0.326. The summed E-state index contributed by atoms with van der Waals surface area (Å²) in [5, 5.41) is 3.43. The molecule has 196 valence electrons. The molecule has 0 saturated carbocycles. The van der Waals surface area contributed by atoms with Gasteiger partial charge in [0.1, 0.15) is 0 Å². The number of fused-ring (bicyclic) bond motifs is 1. The summed E-state index contributed by atoms with van der Waals surface area (Å²) in [4.78, 5) is 39.7. The predicted molar refractivity (Wildman–Crippen MR) is 155 cm³/mol. The lowest BCUT2D eigenvalue weighted by molar-refractivity contribution is 0.0951. The van der Waals surface area contributed by atoms with Crippen molar-refractivity contribution in [1.29, 1.82) is 0 Å². The molecule has 1 amide bonds. The molecule has 0 aliphatic carbocycles. The Morgan fingerprint density at radius 3 is 2.13 bits per heavy atom. The summed E-state index contributed by atoms with van der Waals surface area (Å²) in [7, 11) is 0. The van der Waals surface area contributed by atoms with Gasteiger partial charge in [0.2, 0.25) is 0 Å². The lowest BCUT2D eigenvalue weighted by Gasteiger charge is -2.16. The van der Waals surface area contributed by atoms with Crippen LogP contribution >= 0.6 is 0 Å². The van der Waals surface area contributed by atoms with E-state index in [0.717, 1.165) is 27.8 Å². The van der Waals surface area contributed by atoms with E-state index in [0.29, 0.717) is 29.6 Å². The minimum atomic E-state index is -0.362. The summed E-state index contributed by atoms with van der Waals surface area (Å²) in [5.41, 5.74) is 6.64. The number of para-hydroxylation sites is 1. The minimum Gasteiger partial charge on any atom is -0.348 e. The van der Waals surface area contributed by atoms with E-state index in [2.05, 4.69) is 11.4 Å². The Labute approximate surface area is 227 Å². The average Bonchev–Trinajstić information content (AvgIpc) is 2.95. The molecule has 0 spiro atoms. The van der Waals surface area contributed by atoms with Gasteiger partial charge in [-0.05, 0) is 67.3 Å². The van der Waals surface area contributed by atoms with E-state index >= 15 is 0 Å². The van der Waals surface area contributed by atoms with Crippen LogP contribution in [0.2, 0.25) is 0 Å². The molecule has 5 aromatic rings. The van der Waals surface area contributed by atoms with Crippen LogP contribution in [0.15, 0.2) is 101 Å². The van der Waals surface area contributed by atoms with E-state index in [4.69, 9.17) is 0 Å². The summed E-state index contributed by atoms with van der Waals surface area (Å²) in [5.74, 6) is -0.180. The van der Waals surface area contributed by atoms with Crippen molar-refractivity contribution in [1.82, 2.24) is 14.5 Å². The van der Waals surface area contributed by atoms with Gasteiger partial charge in [-0.25, -0.2) is 4.79 Å². The maximum atomic E-state index is 13.7. The van der Waals surface area contributed by atoms with Crippen LogP contribution in [0.5, 0.6) is 0 Å². The third-order valence-electron chi connectivity index (χ3n) is 7.10. The highest BCUT2D eigenvalue weighted by Crippen LogP contribution is 2.15. The Hall–Kier alpha value is -4.71. The first-order valence-electron chi connectivity index (χ1n) is 13.0. The number of amides is 1. The fourth-order valence-electron chi connectivity index (χ4n) is 4.74. The fraction of sp³-hybridized carbons (Fsp3) is 0.182. The van der Waals surface area contributed by atoms with Crippen LogP contribution in [0.4, 0.5) is 0 Å². The molecule has 0 aliphatic rings.